The first-order chi connectivity index (χ1) is 4.61. The van der Waals surface area contributed by atoms with Crippen LogP contribution in [0.15, 0.2) is 0 Å². The van der Waals surface area contributed by atoms with Gasteiger partial charge >= 0.3 is 6.16 Å². The summed E-state index contributed by atoms with van der Waals surface area (Å²) in [5.41, 5.74) is 0. The summed E-state index contributed by atoms with van der Waals surface area (Å²) in [7, 11) is 0. The number of carbonyl (C=O) groups is 1. The lowest BCUT2D eigenvalue weighted by Crippen LogP contribution is -2.27. The van der Waals surface area contributed by atoms with Crippen LogP contribution in [-0.4, -0.2) is 23.6 Å². The van der Waals surface area contributed by atoms with Crippen molar-refractivity contribution in [2.24, 2.45) is 0 Å². The molecule has 10 heavy (non-hydrogen) atoms. The van der Waals surface area contributed by atoms with Gasteiger partial charge in [-0.1, -0.05) is 0 Å². The molecule has 0 radical (unpaired) electrons. The number of ether oxygens (including phenoxy) is 2. The number of hydrogen-bond donors (Lipinski definition) is 1. The minimum absolute atomic E-state index is 0.0291. The van der Waals surface area contributed by atoms with Crippen molar-refractivity contribution in [1.29, 1.82) is 0 Å². The molecule has 1 fully saturated rings. The minimum Gasteiger partial charge on any atom is -0.427 e. The summed E-state index contributed by atoms with van der Waals surface area (Å²) < 4.78 is 9.52. The first-order valence-corrected chi connectivity index (χ1v) is 3.68. The molecule has 3 nitrogen and oxygen atoms in total. The average Bonchev–Trinajstić information content (AvgIpc) is 2.10. The Labute approximate surface area is 65.1 Å². The molecule has 58 valence electrons. The van der Waals surface area contributed by atoms with E-state index in [2.05, 4.69) is 12.6 Å². The van der Waals surface area contributed by atoms with Crippen LogP contribution in [-0.2, 0) is 9.47 Å². The lowest BCUT2D eigenvalue weighted by Gasteiger charge is -2.13. The van der Waals surface area contributed by atoms with Gasteiger partial charge in [0.15, 0.2) is 6.10 Å². The van der Waals surface area contributed by atoms with Crippen LogP contribution < -0.4 is 0 Å². The third-order valence-corrected chi connectivity index (χ3v) is 1.75. The van der Waals surface area contributed by atoms with Crippen molar-refractivity contribution >= 4 is 18.8 Å². The Kier molecular flexibility index (Phi) is 2.08. The maximum Gasteiger partial charge on any atom is 0.509 e. The fraction of sp³-hybridized carbons (Fsp3) is 0.833. The number of carbonyl (C=O) groups excluding carboxylic acids is 1. The van der Waals surface area contributed by atoms with Crippen LogP contribution in [0.4, 0.5) is 4.79 Å². The van der Waals surface area contributed by atoms with Gasteiger partial charge in [-0.05, 0) is 13.8 Å². The van der Waals surface area contributed by atoms with Gasteiger partial charge in [0.1, 0.15) is 6.10 Å². The third kappa shape index (κ3) is 1.37. The SMILES string of the molecule is CC(S)[C@H]1OC(=O)O[C@H]1C. The second-order valence-electron chi connectivity index (χ2n) is 2.40. The second-order valence-corrected chi connectivity index (χ2v) is 3.21. The fourth-order valence-corrected chi connectivity index (χ4v) is 1.25. The molecule has 0 aromatic heterocycles. The normalized spacial score (nSPS) is 34.9. The van der Waals surface area contributed by atoms with E-state index >= 15 is 0 Å². The molecular formula is C6H10O3S. The molecule has 0 amide bonds. The van der Waals surface area contributed by atoms with Gasteiger partial charge in [0.25, 0.3) is 0 Å². The smallest absolute Gasteiger partial charge is 0.427 e. The van der Waals surface area contributed by atoms with Gasteiger partial charge in [0.05, 0.1) is 0 Å². The summed E-state index contributed by atoms with van der Waals surface area (Å²) in [6, 6.07) is 0. The standard InChI is InChI=1S/C6H10O3S/c1-3-5(4(2)10)9-6(7)8-3/h3-5,10H,1-2H3/t3-,4?,5-/m0/s1. The molecule has 0 bridgehead atoms. The van der Waals surface area contributed by atoms with Crippen molar-refractivity contribution in [2.75, 3.05) is 0 Å². The molecule has 3 atom stereocenters. The highest BCUT2D eigenvalue weighted by Crippen LogP contribution is 2.20. The maximum absolute atomic E-state index is 10.5. The summed E-state index contributed by atoms with van der Waals surface area (Å²) in [6.07, 6.45) is -0.950. The number of cyclic esters (lactones) is 2. The maximum atomic E-state index is 10.5. The minimum atomic E-state index is -0.585. The highest BCUT2D eigenvalue weighted by molar-refractivity contribution is 7.81. The van der Waals surface area contributed by atoms with Crippen molar-refractivity contribution in [1.82, 2.24) is 0 Å². The van der Waals surface area contributed by atoms with Crippen LogP contribution in [0, 0.1) is 0 Å². The summed E-state index contributed by atoms with van der Waals surface area (Å²) in [5.74, 6) is 0. The van der Waals surface area contributed by atoms with E-state index in [0.29, 0.717) is 0 Å². The van der Waals surface area contributed by atoms with Crippen molar-refractivity contribution in [2.45, 2.75) is 31.3 Å². The Balaban J connectivity index is 2.54. The number of rotatable bonds is 1. The lowest BCUT2D eigenvalue weighted by atomic mass is 10.2. The Morgan fingerprint density at radius 3 is 2.40 bits per heavy atom. The summed E-state index contributed by atoms with van der Waals surface area (Å²) in [5, 5.41) is 0.0291. The molecule has 0 N–H and O–H groups in total. The van der Waals surface area contributed by atoms with Crippen LogP contribution in [0.1, 0.15) is 13.8 Å². The van der Waals surface area contributed by atoms with Crippen molar-refractivity contribution in [3.05, 3.63) is 0 Å². The van der Waals surface area contributed by atoms with Gasteiger partial charge in [-0.2, -0.15) is 12.6 Å². The molecule has 1 rings (SSSR count). The molecule has 1 unspecified atom stereocenters. The Hall–Kier alpha value is -0.380. The van der Waals surface area contributed by atoms with Crippen LogP contribution in [0.2, 0.25) is 0 Å². The summed E-state index contributed by atoms with van der Waals surface area (Å²) in [6.45, 7) is 3.66. The van der Waals surface area contributed by atoms with Crippen molar-refractivity contribution in [3.63, 3.8) is 0 Å². The van der Waals surface area contributed by atoms with Crippen molar-refractivity contribution in [3.8, 4) is 0 Å². The molecule has 1 saturated heterocycles. The monoisotopic (exact) mass is 162 g/mol. The first-order valence-electron chi connectivity index (χ1n) is 3.16. The largest absolute Gasteiger partial charge is 0.509 e. The van der Waals surface area contributed by atoms with E-state index in [4.69, 9.17) is 9.47 Å². The first kappa shape index (κ1) is 7.72. The molecule has 0 aromatic carbocycles. The van der Waals surface area contributed by atoms with Gasteiger partial charge in [-0.15, -0.1) is 0 Å². The van der Waals surface area contributed by atoms with E-state index in [9.17, 15) is 4.79 Å². The van der Waals surface area contributed by atoms with E-state index in [0.717, 1.165) is 0 Å². The Morgan fingerprint density at radius 2 is 2.20 bits per heavy atom. The zero-order valence-electron chi connectivity index (χ0n) is 5.90. The molecule has 0 aliphatic carbocycles. The summed E-state index contributed by atoms with van der Waals surface area (Å²) >= 11 is 4.14. The molecule has 4 heteroatoms. The zero-order valence-corrected chi connectivity index (χ0v) is 6.80. The van der Waals surface area contributed by atoms with Gasteiger partial charge in [0, 0.05) is 5.25 Å². The van der Waals surface area contributed by atoms with E-state index in [1.807, 2.05) is 6.92 Å². The van der Waals surface area contributed by atoms with E-state index in [-0.39, 0.29) is 17.5 Å². The van der Waals surface area contributed by atoms with Gasteiger partial charge < -0.3 is 9.47 Å². The van der Waals surface area contributed by atoms with Gasteiger partial charge in [-0.3, -0.25) is 0 Å². The highest BCUT2D eigenvalue weighted by Gasteiger charge is 2.35. The highest BCUT2D eigenvalue weighted by atomic mass is 32.1. The molecular weight excluding hydrogens is 152 g/mol. The van der Waals surface area contributed by atoms with E-state index < -0.39 is 6.16 Å². The molecule has 0 spiro atoms. The zero-order chi connectivity index (χ0) is 7.72. The second kappa shape index (κ2) is 2.70. The lowest BCUT2D eigenvalue weighted by molar-refractivity contribution is 0.117. The van der Waals surface area contributed by atoms with Crippen LogP contribution in [0.3, 0.4) is 0 Å². The Morgan fingerprint density at radius 1 is 1.60 bits per heavy atom. The van der Waals surface area contributed by atoms with Crippen LogP contribution in [0.25, 0.3) is 0 Å². The molecule has 1 aliphatic rings. The molecule has 1 aliphatic heterocycles. The number of thiol groups is 1. The molecule has 0 saturated carbocycles. The Bertz CT molecular complexity index is 146. The predicted molar refractivity (Wildman–Crippen MR) is 39.3 cm³/mol. The fourth-order valence-electron chi connectivity index (χ4n) is 0.944. The van der Waals surface area contributed by atoms with E-state index in [1.165, 1.54) is 0 Å². The van der Waals surface area contributed by atoms with Crippen LogP contribution >= 0.6 is 12.6 Å². The van der Waals surface area contributed by atoms with E-state index in [1.54, 1.807) is 6.92 Å². The predicted octanol–water partition coefficient (Wildman–Crippen LogP) is 1.23. The summed E-state index contributed by atoms with van der Waals surface area (Å²) in [4.78, 5) is 10.5. The topological polar surface area (TPSA) is 35.5 Å². The molecule has 1 heterocycles. The average molecular weight is 162 g/mol. The van der Waals surface area contributed by atoms with Gasteiger partial charge in [-0.25, -0.2) is 4.79 Å². The van der Waals surface area contributed by atoms with Crippen molar-refractivity contribution < 1.29 is 14.3 Å². The van der Waals surface area contributed by atoms with Gasteiger partial charge in [0.2, 0.25) is 0 Å². The van der Waals surface area contributed by atoms with Crippen LogP contribution in [0.5, 0.6) is 0 Å². The quantitative estimate of drug-likeness (QED) is 0.465. The number of hydrogen-bond acceptors (Lipinski definition) is 4. The third-order valence-electron chi connectivity index (χ3n) is 1.45. The molecule has 0 aromatic rings.